The van der Waals surface area contributed by atoms with Gasteiger partial charge in [-0.05, 0) is 47.8 Å². The molecular weight excluding hydrogens is 256 g/mol. The summed E-state index contributed by atoms with van der Waals surface area (Å²) >= 11 is 3.35. The maximum absolute atomic E-state index is 12.1. The van der Waals surface area contributed by atoms with E-state index in [4.69, 9.17) is 0 Å². The van der Waals surface area contributed by atoms with Crippen molar-refractivity contribution in [1.29, 1.82) is 0 Å². The highest BCUT2D eigenvalue weighted by atomic mass is 79.9. The molecular formula is C11H13BrN2O. The molecule has 1 atom stereocenters. The maximum atomic E-state index is 12.1. The molecule has 2 rings (SSSR count). The Labute approximate surface area is 97.6 Å². The van der Waals surface area contributed by atoms with E-state index in [9.17, 15) is 4.79 Å². The van der Waals surface area contributed by atoms with Crippen molar-refractivity contribution in [3.63, 3.8) is 0 Å². The third kappa shape index (κ3) is 2.04. The Kier molecular flexibility index (Phi) is 3.05. The fourth-order valence-corrected chi connectivity index (χ4v) is 2.34. The van der Waals surface area contributed by atoms with E-state index in [1.54, 1.807) is 6.20 Å². The molecule has 0 aliphatic carbocycles. The monoisotopic (exact) mass is 268 g/mol. The minimum absolute atomic E-state index is 0.0347. The molecule has 4 heteroatoms. The SMILES string of the molecule is CC1CCCN1C(=O)c1ncccc1Br. The van der Waals surface area contributed by atoms with Gasteiger partial charge in [-0.3, -0.25) is 4.79 Å². The first-order chi connectivity index (χ1) is 7.20. The lowest BCUT2D eigenvalue weighted by atomic mass is 10.2. The Morgan fingerprint density at radius 1 is 1.67 bits per heavy atom. The van der Waals surface area contributed by atoms with Crippen molar-refractivity contribution in [3.05, 3.63) is 28.5 Å². The summed E-state index contributed by atoms with van der Waals surface area (Å²) in [6.07, 6.45) is 3.84. The van der Waals surface area contributed by atoms with E-state index >= 15 is 0 Å². The van der Waals surface area contributed by atoms with Gasteiger partial charge in [0.1, 0.15) is 5.69 Å². The van der Waals surface area contributed by atoms with Crippen LogP contribution >= 0.6 is 15.9 Å². The molecule has 0 spiro atoms. The molecule has 1 saturated heterocycles. The summed E-state index contributed by atoms with van der Waals surface area (Å²) in [5.41, 5.74) is 0.520. The molecule has 1 aliphatic heterocycles. The predicted octanol–water partition coefficient (Wildman–Crippen LogP) is 2.47. The average molecular weight is 269 g/mol. The topological polar surface area (TPSA) is 33.2 Å². The number of likely N-dealkylation sites (tertiary alicyclic amines) is 1. The van der Waals surface area contributed by atoms with Crippen molar-refractivity contribution in [1.82, 2.24) is 9.88 Å². The van der Waals surface area contributed by atoms with Crippen molar-refractivity contribution >= 4 is 21.8 Å². The molecule has 1 aliphatic rings. The number of hydrogen-bond acceptors (Lipinski definition) is 2. The summed E-state index contributed by atoms with van der Waals surface area (Å²) in [5, 5.41) is 0. The quantitative estimate of drug-likeness (QED) is 0.784. The summed E-state index contributed by atoms with van der Waals surface area (Å²) in [4.78, 5) is 18.1. The third-order valence-electron chi connectivity index (χ3n) is 2.77. The normalized spacial score (nSPS) is 20.7. The summed E-state index contributed by atoms with van der Waals surface area (Å²) in [6, 6.07) is 4.00. The van der Waals surface area contributed by atoms with Gasteiger partial charge in [-0.15, -0.1) is 0 Å². The molecule has 15 heavy (non-hydrogen) atoms. The van der Waals surface area contributed by atoms with E-state index < -0.39 is 0 Å². The van der Waals surface area contributed by atoms with Crippen LogP contribution in [-0.4, -0.2) is 28.4 Å². The number of halogens is 1. The van der Waals surface area contributed by atoms with E-state index in [-0.39, 0.29) is 5.91 Å². The van der Waals surface area contributed by atoms with E-state index in [0.717, 1.165) is 23.9 Å². The van der Waals surface area contributed by atoms with Crippen LogP contribution in [0.25, 0.3) is 0 Å². The van der Waals surface area contributed by atoms with Crippen LogP contribution in [0.2, 0.25) is 0 Å². The molecule has 80 valence electrons. The molecule has 0 bridgehead atoms. The Bertz CT molecular complexity index is 381. The minimum atomic E-state index is 0.0347. The number of carbonyl (C=O) groups excluding carboxylic acids is 1. The van der Waals surface area contributed by atoms with Crippen molar-refractivity contribution < 1.29 is 4.79 Å². The zero-order valence-electron chi connectivity index (χ0n) is 8.61. The van der Waals surface area contributed by atoms with Gasteiger partial charge in [-0.1, -0.05) is 0 Å². The zero-order valence-corrected chi connectivity index (χ0v) is 10.2. The maximum Gasteiger partial charge on any atom is 0.273 e. The summed E-state index contributed by atoms with van der Waals surface area (Å²) in [6.45, 7) is 2.94. The van der Waals surface area contributed by atoms with Gasteiger partial charge in [0.25, 0.3) is 5.91 Å². The number of rotatable bonds is 1. The van der Waals surface area contributed by atoms with Gasteiger partial charge in [-0.25, -0.2) is 4.98 Å². The Hall–Kier alpha value is -0.900. The van der Waals surface area contributed by atoms with Crippen LogP contribution in [0.4, 0.5) is 0 Å². The van der Waals surface area contributed by atoms with Crippen LogP contribution in [0.15, 0.2) is 22.8 Å². The van der Waals surface area contributed by atoms with Crippen LogP contribution in [0, 0.1) is 0 Å². The predicted molar refractivity (Wildman–Crippen MR) is 61.7 cm³/mol. The number of amides is 1. The highest BCUT2D eigenvalue weighted by Gasteiger charge is 2.27. The first kappa shape index (κ1) is 10.6. The standard InChI is InChI=1S/C11H13BrN2O/c1-8-4-3-7-14(8)11(15)10-9(12)5-2-6-13-10/h2,5-6,8H,3-4,7H2,1H3. The molecule has 1 amide bonds. The van der Waals surface area contributed by atoms with Gasteiger partial charge < -0.3 is 4.90 Å². The number of hydrogen-bond donors (Lipinski definition) is 0. The zero-order chi connectivity index (χ0) is 10.8. The van der Waals surface area contributed by atoms with Gasteiger partial charge in [0.05, 0.1) is 0 Å². The summed E-state index contributed by atoms with van der Waals surface area (Å²) in [5.74, 6) is 0.0347. The first-order valence-corrected chi connectivity index (χ1v) is 5.91. The molecule has 1 aromatic heterocycles. The second-order valence-electron chi connectivity index (χ2n) is 3.82. The van der Waals surface area contributed by atoms with E-state index in [2.05, 4.69) is 27.8 Å². The van der Waals surface area contributed by atoms with Crippen LogP contribution < -0.4 is 0 Å². The van der Waals surface area contributed by atoms with Gasteiger partial charge >= 0.3 is 0 Å². The van der Waals surface area contributed by atoms with Crippen LogP contribution in [0.3, 0.4) is 0 Å². The lowest BCUT2D eigenvalue weighted by Gasteiger charge is -2.21. The fourth-order valence-electron chi connectivity index (χ4n) is 1.91. The largest absolute Gasteiger partial charge is 0.335 e. The first-order valence-electron chi connectivity index (χ1n) is 5.11. The fraction of sp³-hybridized carbons (Fsp3) is 0.455. The number of aromatic nitrogens is 1. The molecule has 0 radical (unpaired) electrons. The van der Waals surface area contributed by atoms with Gasteiger partial charge in [0.2, 0.25) is 0 Å². The molecule has 3 nitrogen and oxygen atoms in total. The molecule has 2 heterocycles. The van der Waals surface area contributed by atoms with Crippen molar-refractivity contribution in [2.75, 3.05) is 6.54 Å². The van der Waals surface area contributed by atoms with Crippen LogP contribution in [0.1, 0.15) is 30.3 Å². The highest BCUT2D eigenvalue weighted by molar-refractivity contribution is 9.10. The van der Waals surface area contributed by atoms with Gasteiger partial charge in [0, 0.05) is 23.3 Å². The van der Waals surface area contributed by atoms with Crippen LogP contribution in [0.5, 0.6) is 0 Å². The molecule has 0 N–H and O–H groups in total. The van der Waals surface area contributed by atoms with Gasteiger partial charge in [-0.2, -0.15) is 0 Å². The van der Waals surface area contributed by atoms with Crippen molar-refractivity contribution in [2.45, 2.75) is 25.8 Å². The van der Waals surface area contributed by atoms with E-state index in [0.29, 0.717) is 11.7 Å². The summed E-state index contributed by atoms with van der Waals surface area (Å²) in [7, 11) is 0. The van der Waals surface area contributed by atoms with E-state index in [1.807, 2.05) is 17.0 Å². The van der Waals surface area contributed by atoms with E-state index in [1.165, 1.54) is 0 Å². The highest BCUT2D eigenvalue weighted by Crippen LogP contribution is 2.22. The molecule has 0 aromatic carbocycles. The molecule has 0 saturated carbocycles. The number of pyridine rings is 1. The molecule has 1 unspecified atom stereocenters. The smallest absolute Gasteiger partial charge is 0.273 e. The third-order valence-corrected chi connectivity index (χ3v) is 3.41. The second kappa shape index (κ2) is 4.31. The average Bonchev–Trinajstić information content (AvgIpc) is 2.64. The van der Waals surface area contributed by atoms with Crippen LogP contribution in [-0.2, 0) is 0 Å². The lowest BCUT2D eigenvalue weighted by Crippen LogP contribution is -2.34. The van der Waals surface area contributed by atoms with Gasteiger partial charge in [0.15, 0.2) is 0 Å². The number of carbonyl (C=O) groups is 1. The Morgan fingerprint density at radius 2 is 2.47 bits per heavy atom. The molecule has 1 fully saturated rings. The Balaban J connectivity index is 2.24. The second-order valence-corrected chi connectivity index (χ2v) is 4.68. The number of nitrogens with zero attached hydrogens (tertiary/aromatic N) is 2. The molecule has 1 aromatic rings. The lowest BCUT2D eigenvalue weighted by molar-refractivity contribution is 0.0740. The summed E-state index contributed by atoms with van der Waals surface area (Å²) < 4.78 is 0.772. The van der Waals surface area contributed by atoms with Crippen molar-refractivity contribution in [3.8, 4) is 0 Å². The minimum Gasteiger partial charge on any atom is -0.335 e. The van der Waals surface area contributed by atoms with Crippen molar-refractivity contribution in [2.24, 2.45) is 0 Å². The Morgan fingerprint density at radius 3 is 3.07 bits per heavy atom.